The number of nitrogens with zero attached hydrogens (tertiary/aromatic N) is 2. The van der Waals surface area contributed by atoms with Crippen LogP contribution in [0.15, 0.2) is 42.5 Å². The molecule has 2 aromatic carbocycles. The molecule has 0 atom stereocenters. The van der Waals surface area contributed by atoms with Crippen molar-refractivity contribution >= 4 is 17.5 Å². The van der Waals surface area contributed by atoms with Crippen molar-refractivity contribution in [2.45, 2.75) is 26.3 Å². The Morgan fingerprint density at radius 2 is 1.83 bits per heavy atom. The average molecular weight is 399 g/mol. The van der Waals surface area contributed by atoms with E-state index < -0.39 is 4.92 Å². The Kier molecular flexibility index (Phi) is 6.21. The van der Waals surface area contributed by atoms with Gasteiger partial charge in [-0.3, -0.25) is 19.7 Å². The van der Waals surface area contributed by atoms with Crippen LogP contribution in [0.5, 0.6) is 0 Å². The predicted molar refractivity (Wildman–Crippen MR) is 105 cm³/mol. The number of benzene rings is 2. The fourth-order valence-corrected chi connectivity index (χ4v) is 3.33. The number of piperidine rings is 1. The maximum absolute atomic E-state index is 13.6. The van der Waals surface area contributed by atoms with Gasteiger partial charge in [0, 0.05) is 43.2 Å². The number of likely N-dealkylation sites (tertiary alicyclic amines) is 1. The van der Waals surface area contributed by atoms with Crippen LogP contribution < -0.4 is 5.32 Å². The molecule has 1 heterocycles. The second-order valence-corrected chi connectivity index (χ2v) is 7.17. The summed E-state index contributed by atoms with van der Waals surface area (Å²) in [6, 6.07) is 10.4. The van der Waals surface area contributed by atoms with Crippen molar-refractivity contribution in [1.29, 1.82) is 0 Å². The number of nitro benzene ring substituents is 1. The number of carbonyl (C=O) groups is 2. The number of nitrogens with one attached hydrogen (secondary N) is 1. The van der Waals surface area contributed by atoms with Crippen LogP contribution in [0.3, 0.4) is 0 Å². The lowest BCUT2D eigenvalue weighted by atomic mass is 9.95. The molecule has 8 heteroatoms. The van der Waals surface area contributed by atoms with Crippen LogP contribution in [0.2, 0.25) is 0 Å². The van der Waals surface area contributed by atoms with E-state index in [1.807, 2.05) is 0 Å². The fraction of sp³-hybridized carbons (Fsp3) is 0.333. The number of carbonyl (C=O) groups excluding carboxylic acids is 2. The van der Waals surface area contributed by atoms with Gasteiger partial charge in [-0.05, 0) is 49.1 Å². The van der Waals surface area contributed by atoms with E-state index in [-0.39, 0.29) is 35.8 Å². The predicted octanol–water partition coefficient (Wildman–Crippen LogP) is 3.21. The highest BCUT2D eigenvalue weighted by atomic mass is 19.1. The first-order valence-corrected chi connectivity index (χ1v) is 9.41. The maximum atomic E-state index is 13.6. The van der Waals surface area contributed by atoms with Crippen LogP contribution in [0, 0.1) is 28.8 Å². The molecule has 0 aliphatic carbocycles. The molecular formula is C21H22FN3O4. The molecule has 0 bridgehead atoms. The Hall–Kier alpha value is -3.29. The zero-order valence-corrected chi connectivity index (χ0v) is 16.1. The summed E-state index contributed by atoms with van der Waals surface area (Å²) >= 11 is 0. The van der Waals surface area contributed by atoms with E-state index >= 15 is 0 Å². The third-order valence-corrected chi connectivity index (χ3v) is 5.18. The van der Waals surface area contributed by atoms with Crippen molar-refractivity contribution in [2.75, 3.05) is 13.1 Å². The number of aryl methyl sites for hydroxylation is 1. The van der Waals surface area contributed by atoms with Gasteiger partial charge < -0.3 is 10.2 Å². The molecule has 0 aromatic heterocycles. The minimum atomic E-state index is -0.511. The van der Waals surface area contributed by atoms with Crippen molar-refractivity contribution in [3.63, 3.8) is 0 Å². The lowest BCUT2D eigenvalue weighted by molar-refractivity contribution is -0.384. The van der Waals surface area contributed by atoms with E-state index in [9.17, 15) is 24.1 Å². The Morgan fingerprint density at radius 1 is 1.17 bits per heavy atom. The zero-order chi connectivity index (χ0) is 21.0. The van der Waals surface area contributed by atoms with Crippen LogP contribution in [-0.4, -0.2) is 34.7 Å². The van der Waals surface area contributed by atoms with Crippen LogP contribution in [-0.2, 0) is 11.3 Å². The van der Waals surface area contributed by atoms with Crippen molar-refractivity contribution in [3.8, 4) is 0 Å². The number of amides is 2. The molecule has 1 saturated heterocycles. The van der Waals surface area contributed by atoms with Crippen molar-refractivity contribution in [2.24, 2.45) is 5.92 Å². The highest BCUT2D eigenvalue weighted by molar-refractivity contribution is 5.94. The molecular weight excluding hydrogens is 377 g/mol. The molecule has 2 aromatic rings. The first-order chi connectivity index (χ1) is 13.8. The lowest BCUT2D eigenvalue weighted by Gasteiger charge is -2.31. The number of hydrogen-bond donors (Lipinski definition) is 1. The van der Waals surface area contributed by atoms with E-state index in [1.54, 1.807) is 24.0 Å². The Balaban J connectivity index is 1.50. The smallest absolute Gasteiger partial charge is 0.269 e. The molecule has 1 aliphatic heterocycles. The molecule has 1 N–H and O–H groups in total. The van der Waals surface area contributed by atoms with Crippen LogP contribution >= 0.6 is 0 Å². The number of halogens is 1. The van der Waals surface area contributed by atoms with Gasteiger partial charge in [0.1, 0.15) is 5.82 Å². The van der Waals surface area contributed by atoms with E-state index in [4.69, 9.17) is 0 Å². The fourth-order valence-electron chi connectivity index (χ4n) is 3.33. The van der Waals surface area contributed by atoms with E-state index in [0.29, 0.717) is 42.6 Å². The largest absolute Gasteiger partial charge is 0.352 e. The molecule has 7 nitrogen and oxygen atoms in total. The molecule has 1 aliphatic rings. The average Bonchev–Trinajstić information content (AvgIpc) is 2.74. The summed E-state index contributed by atoms with van der Waals surface area (Å²) in [7, 11) is 0. The number of non-ortho nitro benzene ring substituents is 1. The Bertz CT molecular complexity index is 922. The van der Waals surface area contributed by atoms with Gasteiger partial charge in [-0.1, -0.05) is 12.1 Å². The minimum Gasteiger partial charge on any atom is -0.352 e. The summed E-state index contributed by atoms with van der Waals surface area (Å²) in [5.41, 5.74) is 1.59. The number of hydrogen-bond acceptors (Lipinski definition) is 4. The van der Waals surface area contributed by atoms with Gasteiger partial charge in [0.05, 0.1) is 4.92 Å². The second kappa shape index (κ2) is 8.81. The van der Waals surface area contributed by atoms with Gasteiger partial charge in [0.25, 0.3) is 11.6 Å². The molecule has 0 saturated carbocycles. The molecule has 0 unspecified atom stereocenters. The Labute approximate surface area is 167 Å². The van der Waals surface area contributed by atoms with E-state index in [0.717, 1.165) is 0 Å². The van der Waals surface area contributed by atoms with Crippen molar-refractivity contribution in [3.05, 3.63) is 75.1 Å². The SMILES string of the molecule is Cc1ccc(CNC(=O)C2CCN(C(=O)c3ccc([N+](=O)[O-])cc3)CC2)cc1F. The first-order valence-electron chi connectivity index (χ1n) is 9.41. The first kappa shape index (κ1) is 20.4. The second-order valence-electron chi connectivity index (χ2n) is 7.17. The quantitative estimate of drug-likeness (QED) is 0.617. The molecule has 0 radical (unpaired) electrons. The lowest BCUT2D eigenvalue weighted by Crippen LogP contribution is -2.42. The van der Waals surface area contributed by atoms with Gasteiger partial charge in [-0.25, -0.2) is 4.39 Å². The van der Waals surface area contributed by atoms with Crippen molar-refractivity contribution in [1.82, 2.24) is 10.2 Å². The number of nitro groups is 1. The normalized spacial score (nSPS) is 14.5. The Morgan fingerprint density at radius 3 is 2.41 bits per heavy atom. The van der Waals surface area contributed by atoms with Gasteiger partial charge in [-0.15, -0.1) is 0 Å². The van der Waals surface area contributed by atoms with Crippen LogP contribution in [0.25, 0.3) is 0 Å². The summed E-state index contributed by atoms with van der Waals surface area (Å²) in [6.45, 7) is 2.82. The summed E-state index contributed by atoms with van der Waals surface area (Å²) in [4.78, 5) is 36.8. The van der Waals surface area contributed by atoms with Crippen LogP contribution in [0.4, 0.5) is 10.1 Å². The topological polar surface area (TPSA) is 92.6 Å². The zero-order valence-electron chi connectivity index (χ0n) is 16.1. The standard InChI is InChI=1S/C21H22FN3O4/c1-14-2-3-15(12-19(14)22)13-23-20(26)16-8-10-24(11-9-16)21(27)17-4-6-18(7-5-17)25(28)29/h2-7,12,16H,8-11,13H2,1H3,(H,23,26). The van der Waals surface area contributed by atoms with E-state index in [2.05, 4.69) is 5.32 Å². The number of rotatable bonds is 5. The molecule has 152 valence electrons. The third kappa shape index (κ3) is 4.96. The molecule has 2 amide bonds. The summed E-state index contributed by atoms with van der Waals surface area (Å²) < 4.78 is 13.6. The van der Waals surface area contributed by atoms with Gasteiger partial charge in [-0.2, -0.15) is 0 Å². The van der Waals surface area contributed by atoms with Gasteiger partial charge in [0.15, 0.2) is 0 Å². The van der Waals surface area contributed by atoms with Crippen molar-refractivity contribution < 1.29 is 18.9 Å². The monoisotopic (exact) mass is 399 g/mol. The highest BCUT2D eigenvalue weighted by Gasteiger charge is 2.28. The van der Waals surface area contributed by atoms with Gasteiger partial charge >= 0.3 is 0 Å². The summed E-state index contributed by atoms with van der Waals surface area (Å²) in [5.74, 6) is -0.802. The molecule has 3 rings (SSSR count). The molecule has 0 spiro atoms. The van der Waals surface area contributed by atoms with Gasteiger partial charge in [0.2, 0.25) is 5.91 Å². The molecule has 1 fully saturated rings. The maximum Gasteiger partial charge on any atom is 0.269 e. The molecule has 29 heavy (non-hydrogen) atoms. The summed E-state index contributed by atoms with van der Waals surface area (Å²) in [6.07, 6.45) is 1.07. The van der Waals surface area contributed by atoms with Crippen LogP contribution in [0.1, 0.15) is 34.3 Å². The van der Waals surface area contributed by atoms with E-state index in [1.165, 1.54) is 30.3 Å². The minimum absolute atomic E-state index is 0.0645. The summed E-state index contributed by atoms with van der Waals surface area (Å²) in [5, 5.41) is 13.5. The highest BCUT2D eigenvalue weighted by Crippen LogP contribution is 2.21. The third-order valence-electron chi connectivity index (χ3n) is 5.18.